The molecule has 1 aromatic heterocycles. The number of aromatic nitrogens is 3. The van der Waals surface area contributed by atoms with Gasteiger partial charge in [0, 0.05) is 13.5 Å². The summed E-state index contributed by atoms with van der Waals surface area (Å²) >= 11 is 1.10. The highest BCUT2D eigenvalue weighted by Gasteiger charge is 2.18. The molecule has 0 bridgehead atoms. The first-order chi connectivity index (χ1) is 9.02. The predicted octanol–water partition coefficient (Wildman–Crippen LogP) is 2.58. The molecule has 0 aliphatic carbocycles. The van der Waals surface area contributed by atoms with Crippen LogP contribution in [0.25, 0.3) is 0 Å². The molecule has 0 spiro atoms. The molecular weight excluding hydrogens is 271 g/mol. The molecule has 0 aliphatic rings. The van der Waals surface area contributed by atoms with E-state index in [4.69, 9.17) is 0 Å². The van der Waals surface area contributed by atoms with Gasteiger partial charge in [0.25, 0.3) is 5.69 Å². The Kier molecular flexibility index (Phi) is 3.79. The quantitative estimate of drug-likeness (QED) is 0.636. The zero-order valence-corrected chi connectivity index (χ0v) is 11.1. The summed E-state index contributed by atoms with van der Waals surface area (Å²) in [4.78, 5) is 10.6. The Bertz CT molecular complexity index is 629. The maximum Gasteiger partial charge on any atom is 0.286 e. The van der Waals surface area contributed by atoms with Crippen molar-refractivity contribution in [3.05, 3.63) is 40.0 Å². The lowest BCUT2D eigenvalue weighted by Gasteiger charge is -2.03. The van der Waals surface area contributed by atoms with E-state index in [1.165, 1.54) is 12.1 Å². The van der Waals surface area contributed by atoms with Gasteiger partial charge in [-0.25, -0.2) is 4.39 Å². The van der Waals surface area contributed by atoms with Crippen LogP contribution in [-0.2, 0) is 13.5 Å². The van der Waals surface area contributed by atoms with Gasteiger partial charge in [-0.3, -0.25) is 10.1 Å². The fraction of sp³-hybridized carbons (Fsp3) is 0.273. The zero-order chi connectivity index (χ0) is 14.0. The topological polar surface area (TPSA) is 73.8 Å². The number of hydrogen-bond acceptors (Lipinski definition) is 5. The maximum absolute atomic E-state index is 13.0. The first-order valence-corrected chi connectivity index (χ1v) is 6.34. The van der Waals surface area contributed by atoms with E-state index < -0.39 is 10.7 Å². The van der Waals surface area contributed by atoms with Crippen LogP contribution in [0.15, 0.2) is 28.3 Å². The molecule has 1 heterocycles. The smallest absolute Gasteiger partial charge is 0.286 e. The molecule has 0 radical (unpaired) electrons. The van der Waals surface area contributed by atoms with Gasteiger partial charge in [-0.1, -0.05) is 6.92 Å². The van der Waals surface area contributed by atoms with E-state index in [0.717, 1.165) is 30.1 Å². The highest BCUT2D eigenvalue weighted by Crippen LogP contribution is 2.34. The van der Waals surface area contributed by atoms with Crippen LogP contribution in [0.3, 0.4) is 0 Å². The van der Waals surface area contributed by atoms with Crippen LogP contribution in [0.2, 0.25) is 0 Å². The lowest BCUT2D eigenvalue weighted by Crippen LogP contribution is -1.98. The molecule has 0 atom stereocenters. The highest BCUT2D eigenvalue weighted by atomic mass is 32.2. The molecule has 0 amide bonds. The van der Waals surface area contributed by atoms with Crippen molar-refractivity contribution in [2.24, 2.45) is 7.05 Å². The summed E-state index contributed by atoms with van der Waals surface area (Å²) in [5.41, 5.74) is -0.272. The third-order valence-electron chi connectivity index (χ3n) is 2.56. The van der Waals surface area contributed by atoms with Crippen LogP contribution in [0.4, 0.5) is 10.1 Å². The van der Waals surface area contributed by atoms with Crippen molar-refractivity contribution in [1.82, 2.24) is 14.8 Å². The number of nitrogens with zero attached hydrogens (tertiary/aromatic N) is 4. The van der Waals surface area contributed by atoms with E-state index in [9.17, 15) is 14.5 Å². The monoisotopic (exact) mass is 282 g/mol. The van der Waals surface area contributed by atoms with Gasteiger partial charge in [0.1, 0.15) is 11.6 Å². The summed E-state index contributed by atoms with van der Waals surface area (Å²) in [6.07, 6.45) is 0.718. The molecule has 0 aliphatic heterocycles. The number of nitro groups is 1. The van der Waals surface area contributed by atoms with Crippen LogP contribution in [0.5, 0.6) is 0 Å². The average molecular weight is 282 g/mol. The Morgan fingerprint density at radius 2 is 2.21 bits per heavy atom. The maximum atomic E-state index is 13.0. The van der Waals surface area contributed by atoms with Crippen LogP contribution < -0.4 is 0 Å². The molecule has 6 nitrogen and oxygen atoms in total. The van der Waals surface area contributed by atoms with Crippen LogP contribution in [0.1, 0.15) is 12.7 Å². The minimum atomic E-state index is -0.636. The van der Waals surface area contributed by atoms with Gasteiger partial charge < -0.3 is 4.57 Å². The molecule has 0 saturated carbocycles. The van der Waals surface area contributed by atoms with Crippen LogP contribution in [-0.4, -0.2) is 19.7 Å². The van der Waals surface area contributed by atoms with Gasteiger partial charge in [0.15, 0.2) is 5.16 Å². The highest BCUT2D eigenvalue weighted by molar-refractivity contribution is 7.99. The fourth-order valence-electron chi connectivity index (χ4n) is 1.56. The van der Waals surface area contributed by atoms with Gasteiger partial charge in [-0.2, -0.15) is 0 Å². The van der Waals surface area contributed by atoms with Crippen molar-refractivity contribution < 1.29 is 9.31 Å². The number of rotatable bonds is 4. The molecule has 0 saturated heterocycles. The lowest BCUT2D eigenvalue weighted by atomic mass is 10.3. The largest absolute Gasteiger partial charge is 0.309 e. The van der Waals surface area contributed by atoms with Crippen molar-refractivity contribution in [3.8, 4) is 0 Å². The van der Waals surface area contributed by atoms with Gasteiger partial charge in [0.2, 0.25) is 0 Å². The predicted molar refractivity (Wildman–Crippen MR) is 67.6 cm³/mol. The molecular formula is C11H11FN4O2S. The van der Waals surface area contributed by atoms with Gasteiger partial charge in [-0.15, -0.1) is 10.2 Å². The van der Waals surface area contributed by atoms with Crippen molar-refractivity contribution in [3.63, 3.8) is 0 Å². The number of aryl methyl sites for hydroxylation is 1. The minimum absolute atomic E-state index is 0.272. The third-order valence-corrected chi connectivity index (χ3v) is 3.66. The molecule has 1 aromatic carbocycles. The molecule has 0 N–H and O–H groups in total. The summed E-state index contributed by atoms with van der Waals surface area (Å²) in [5, 5.41) is 19.4. The van der Waals surface area contributed by atoms with E-state index in [-0.39, 0.29) is 5.69 Å². The van der Waals surface area contributed by atoms with E-state index in [1.54, 1.807) is 11.6 Å². The van der Waals surface area contributed by atoms with Crippen LogP contribution in [0, 0.1) is 15.9 Å². The number of nitro benzene ring substituents is 1. The lowest BCUT2D eigenvalue weighted by molar-refractivity contribution is -0.387. The second kappa shape index (κ2) is 5.35. The molecule has 2 aromatic rings. The number of hydrogen-bond donors (Lipinski definition) is 0. The van der Waals surface area contributed by atoms with Crippen molar-refractivity contribution in [2.45, 2.75) is 23.4 Å². The molecule has 19 heavy (non-hydrogen) atoms. The van der Waals surface area contributed by atoms with Crippen LogP contribution >= 0.6 is 11.8 Å². The molecule has 0 fully saturated rings. The Morgan fingerprint density at radius 1 is 1.47 bits per heavy atom. The summed E-state index contributed by atoms with van der Waals surface area (Å²) in [7, 11) is 1.79. The van der Waals surface area contributed by atoms with Gasteiger partial charge >= 0.3 is 0 Å². The van der Waals surface area contributed by atoms with Crippen molar-refractivity contribution in [2.75, 3.05) is 0 Å². The Labute approximate surface area is 112 Å². The Hall–Kier alpha value is -1.96. The SMILES string of the molecule is CCc1nnc(Sc2ccc(F)cc2[N+](=O)[O-])n1C. The summed E-state index contributed by atoms with van der Waals surface area (Å²) in [5.74, 6) is 0.149. The van der Waals surface area contributed by atoms with E-state index in [2.05, 4.69) is 10.2 Å². The normalized spacial score (nSPS) is 10.7. The Balaban J connectivity index is 2.37. The fourth-order valence-corrected chi connectivity index (χ4v) is 2.45. The standard InChI is InChI=1S/C11H11FN4O2S/c1-3-10-13-14-11(15(10)2)19-9-5-4-7(12)6-8(9)16(17)18/h4-6H,3H2,1-2H3. The molecule has 0 unspecified atom stereocenters. The molecule has 2 rings (SSSR count). The van der Waals surface area contributed by atoms with E-state index >= 15 is 0 Å². The summed E-state index contributed by atoms with van der Waals surface area (Å²) in [6.45, 7) is 1.94. The first kappa shape index (κ1) is 13.5. The van der Waals surface area contributed by atoms with Gasteiger partial charge in [0.05, 0.1) is 15.9 Å². The molecule has 100 valence electrons. The summed E-state index contributed by atoms with van der Waals surface area (Å²) < 4.78 is 14.8. The Morgan fingerprint density at radius 3 is 2.79 bits per heavy atom. The van der Waals surface area contributed by atoms with Crippen molar-refractivity contribution in [1.29, 1.82) is 0 Å². The average Bonchev–Trinajstić information content (AvgIpc) is 2.72. The zero-order valence-electron chi connectivity index (χ0n) is 10.3. The molecule has 8 heteroatoms. The summed E-state index contributed by atoms with van der Waals surface area (Å²) in [6, 6.07) is 3.46. The third kappa shape index (κ3) is 2.73. The number of benzene rings is 1. The van der Waals surface area contributed by atoms with E-state index in [1.807, 2.05) is 6.92 Å². The first-order valence-electron chi connectivity index (χ1n) is 5.53. The van der Waals surface area contributed by atoms with E-state index in [0.29, 0.717) is 10.1 Å². The second-order valence-electron chi connectivity index (χ2n) is 3.78. The number of halogens is 1. The van der Waals surface area contributed by atoms with Gasteiger partial charge in [-0.05, 0) is 23.9 Å². The van der Waals surface area contributed by atoms with Crippen molar-refractivity contribution >= 4 is 17.4 Å². The second-order valence-corrected chi connectivity index (χ2v) is 4.79. The minimum Gasteiger partial charge on any atom is -0.309 e.